The van der Waals surface area contributed by atoms with E-state index in [9.17, 15) is 0 Å². The molecule has 0 aliphatic carbocycles. The van der Waals surface area contributed by atoms with E-state index in [1.54, 1.807) is 0 Å². The van der Waals surface area contributed by atoms with Crippen LogP contribution in [0.3, 0.4) is 0 Å². The zero-order chi connectivity index (χ0) is 10.8. The van der Waals surface area contributed by atoms with Gasteiger partial charge in [-0.25, -0.2) is 0 Å². The normalized spacial score (nSPS) is 32.1. The molecule has 2 unspecified atom stereocenters. The Morgan fingerprint density at radius 3 is 2.80 bits per heavy atom. The van der Waals surface area contributed by atoms with E-state index in [0.29, 0.717) is 12.3 Å². The molecule has 0 saturated carbocycles. The van der Waals surface area contributed by atoms with E-state index in [1.807, 2.05) is 0 Å². The number of hydrogen-bond donors (Lipinski definition) is 1. The number of nitrogens with one attached hydrogen (secondary N) is 1. The van der Waals surface area contributed by atoms with E-state index in [4.69, 9.17) is 0 Å². The molecule has 1 N–H and O–H groups in total. The van der Waals surface area contributed by atoms with Crippen molar-refractivity contribution in [2.45, 2.75) is 51.9 Å². The maximum atomic E-state index is 3.61. The minimum Gasteiger partial charge on any atom is -0.357 e. The van der Waals surface area contributed by atoms with Crippen molar-refractivity contribution in [2.24, 2.45) is 0 Å². The molecule has 2 rings (SSSR count). The summed E-state index contributed by atoms with van der Waals surface area (Å²) in [4.78, 5) is 4.87. The van der Waals surface area contributed by atoms with Crippen molar-refractivity contribution in [3.63, 3.8) is 0 Å². The molecular weight excluding hydrogens is 186 g/mol. The summed E-state index contributed by atoms with van der Waals surface area (Å²) in [5.41, 5.74) is 1.45. The molecule has 2 aliphatic rings. The lowest BCUT2D eigenvalue weighted by Gasteiger charge is -2.37. The zero-order valence-electron chi connectivity index (χ0n) is 10.2. The standard InChI is InChI=1S/C12H23N3/c1-4-11-9-15(10(2)14(11)3)12-7-5-6-8-13-12/h9-10,12-13H,4-8H2,1-3H3. The van der Waals surface area contributed by atoms with Gasteiger partial charge in [0.2, 0.25) is 0 Å². The van der Waals surface area contributed by atoms with Crippen molar-refractivity contribution < 1.29 is 0 Å². The first-order chi connectivity index (χ1) is 7.24. The van der Waals surface area contributed by atoms with Crippen molar-refractivity contribution in [3.05, 3.63) is 11.9 Å². The first-order valence-corrected chi connectivity index (χ1v) is 6.18. The molecule has 3 heteroatoms. The van der Waals surface area contributed by atoms with Crippen LogP contribution in [-0.4, -0.2) is 35.7 Å². The molecule has 15 heavy (non-hydrogen) atoms. The lowest BCUT2D eigenvalue weighted by Crippen LogP contribution is -2.50. The lowest BCUT2D eigenvalue weighted by atomic mass is 10.1. The molecule has 0 bridgehead atoms. The molecule has 1 fully saturated rings. The highest BCUT2D eigenvalue weighted by Gasteiger charge is 2.30. The Balaban J connectivity index is 2.05. The average molecular weight is 209 g/mol. The number of allylic oxidation sites excluding steroid dienone is 1. The molecular formula is C12H23N3. The third kappa shape index (κ3) is 1.98. The maximum absolute atomic E-state index is 3.61. The predicted molar refractivity (Wildman–Crippen MR) is 63.1 cm³/mol. The molecule has 2 atom stereocenters. The maximum Gasteiger partial charge on any atom is 0.0991 e. The molecule has 86 valence electrons. The molecule has 0 aromatic rings. The van der Waals surface area contributed by atoms with Crippen LogP contribution in [0.1, 0.15) is 39.5 Å². The topological polar surface area (TPSA) is 18.5 Å². The van der Waals surface area contributed by atoms with Crippen LogP contribution in [0.25, 0.3) is 0 Å². The van der Waals surface area contributed by atoms with Gasteiger partial charge in [-0.05, 0) is 39.2 Å². The summed E-state index contributed by atoms with van der Waals surface area (Å²) < 4.78 is 0. The first kappa shape index (κ1) is 10.8. The number of piperidine rings is 1. The first-order valence-electron chi connectivity index (χ1n) is 6.18. The van der Waals surface area contributed by atoms with Gasteiger partial charge in [-0.15, -0.1) is 0 Å². The van der Waals surface area contributed by atoms with Gasteiger partial charge in [-0.1, -0.05) is 6.92 Å². The molecule has 0 spiro atoms. The van der Waals surface area contributed by atoms with Crippen LogP contribution in [0.5, 0.6) is 0 Å². The van der Waals surface area contributed by atoms with Gasteiger partial charge in [-0.2, -0.15) is 0 Å². The summed E-state index contributed by atoms with van der Waals surface area (Å²) in [5, 5.41) is 3.61. The molecule has 2 aliphatic heterocycles. The molecule has 2 heterocycles. The van der Waals surface area contributed by atoms with Crippen molar-refractivity contribution in [2.75, 3.05) is 13.6 Å². The van der Waals surface area contributed by atoms with E-state index in [-0.39, 0.29) is 0 Å². The fourth-order valence-corrected chi connectivity index (χ4v) is 2.59. The largest absolute Gasteiger partial charge is 0.357 e. The van der Waals surface area contributed by atoms with Crippen LogP contribution >= 0.6 is 0 Å². The summed E-state index contributed by atoms with van der Waals surface area (Å²) in [7, 11) is 2.20. The van der Waals surface area contributed by atoms with Gasteiger partial charge in [0.1, 0.15) is 0 Å². The predicted octanol–water partition coefficient (Wildman–Crippen LogP) is 1.93. The van der Waals surface area contributed by atoms with Gasteiger partial charge in [0.15, 0.2) is 0 Å². The smallest absolute Gasteiger partial charge is 0.0991 e. The monoisotopic (exact) mass is 209 g/mol. The van der Waals surface area contributed by atoms with E-state index >= 15 is 0 Å². The molecule has 0 amide bonds. The van der Waals surface area contributed by atoms with Gasteiger partial charge < -0.3 is 9.80 Å². The average Bonchev–Trinajstić information content (AvgIpc) is 2.57. The Kier molecular flexibility index (Phi) is 3.19. The van der Waals surface area contributed by atoms with Crippen LogP contribution in [0.15, 0.2) is 11.9 Å². The summed E-state index contributed by atoms with van der Waals surface area (Å²) in [6, 6.07) is 0. The zero-order valence-corrected chi connectivity index (χ0v) is 10.2. The fourth-order valence-electron chi connectivity index (χ4n) is 2.59. The van der Waals surface area contributed by atoms with Gasteiger partial charge in [0.25, 0.3) is 0 Å². The quantitative estimate of drug-likeness (QED) is 0.749. The minimum atomic E-state index is 0.510. The van der Waals surface area contributed by atoms with Gasteiger partial charge >= 0.3 is 0 Å². The van der Waals surface area contributed by atoms with Crippen LogP contribution < -0.4 is 5.32 Å². The number of rotatable bonds is 2. The van der Waals surface area contributed by atoms with Crippen LogP contribution in [0.4, 0.5) is 0 Å². The van der Waals surface area contributed by atoms with E-state index in [0.717, 1.165) is 6.42 Å². The molecule has 0 radical (unpaired) electrons. The molecule has 0 aromatic heterocycles. The van der Waals surface area contributed by atoms with Crippen molar-refractivity contribution in [1.29, 1.82) is 0 Å². The van der Waals surface area contributed by atoms with E-state index in [1.165, 1.54) is 31.5 Å². The Labute approximate surface area is 93.1 Å². The molecule has 0 aromatic carbocycles. The van der Waals surface area contributed by atoms with Gasteiger partial charge in [0.05, 0.1) is 12.3 Å². The Morgan fingerprint density at radius 1 is 1.47 bits per heavy atom. The molecule has 3 nitrogen and oxygen atoms in total. The summed E-state index contributed by atoms with van der Waals surface area (Å²) in [5.74, 6) is 0. The van der Waals surface area contributed by atoms with E-state index in [2.05, 4.69) is 42.2 Å². The minimum absolute atomic E-state index is 0.510. The SMILES string of the molecule is CCC1=CN(C2CCCCN2)C(C)N1C. The van der Waals surface area contributed by atoms with Gasteiger partial charge in [0, 0.05) is 18.9 Å². The second-order valence-corrected chi connectivity index (χ2v) is 4.63. The van der Waals surface area contributed by atoms with Crippen LogP contribution in [0.2, 0.25) is 0 Å². The van der Waals surface area contributed by atoms with Crippen LogP contribution in [-0.2, 0) is 0 Å². The third-order valence-electron chi connectivity index (χ3n) is 3.75. The second-order valence-electron chi connectivity index (χ2n) is 4.63. The highest BCUT2D eigenvalue weighted by atomic mass is 15.4. The van der Waals surface area contributed by atoms with Crippen molar-refractivity contribution >= 4 is 0 Å². The summed E-state index contributed by atoms with van der Waals surface area (Å²) >= 11 is 0. The fraction of sp³-hybridized carbons (Fsp3) is 0.833. The Morgan fingerprint density at radius 2 is 2.27 bits per heavy atom. The van der Waals surface area contributed by atoms with Crippen LogP contribution in [0, 0.1) is 0 Å². The third-order valence-corrected chi connectivity index (χ3v) is 3.75. The van der Waals surface area contributed by atoms with Crippen molar-refractivity contribution in [1.82, 2.24) is 15.1 Å². The van der Waals surface area contributed by atoms with Crippen molar-refractivity contribution in [3.8, 4) is 0 Å². The highest BCUT2D eigenvalue weighted by molar-refractivity contribution is 5.09. The molecule has 1 saturated heterocycles. The second kappa shape index (κ2) is 4.44. The number of hydrogen-bond acceptors (Lipinski definition) is 3. The number of nitrogens with zero attached hydrogens (tertiary/aromatic N) is 2. The van der Waals surface area contributed by atoms with Gasteiger partial charge in [-0.3, -0.25) is 5.32 Å². The summed E-state index contributed by atoms with van der Waals surface area (Å²) in [6.45, 7) is 5.69. The Bertz CT molecular complexity index is 243. The summed E-state index contributed by atoms with van der Waals surface area (Å²) in [6.07, 6.45) is 8.51. The van der Waals surface area contributed by atoms with E-state index < -0.39 is 0 Å². The Hall–Kier alpha value is -0.700. The lowest BCUT2D eigenvalue weighted by molar-refractivity contribution is 0.104. The highest BCUT2D eigenvalue weighted by Crippen LogP contribution is 2.26.